The SMILES string of the molecule is CCOc1cc(O[Si](C(C)C)(C(C)C)C(C)C)c(F)c(C(Nc2ccc(-c3noc(C)n3)cc2)C(N)=S)c1. The van der Waals surface area contributed by atoms with Crippen LogP contribution in [0.3, 0.4) is 0 Å². The lowest BCUT2D eigenvalue weighted by Gasteiger charge is -2.42. The van der Waals surface area contributed by atoms with Crippen molar-refractivity contribution in [2.75, 3.05) is 11.9 Å². The van der Waals surface area contributed by atoms with Crippen LogP contribution in [0.5, 0.6) is 11.5 Å². The van der Waals surface area contributed by atoms with Crippen LogP contribution >= 0.6 is 12.2 Å². The molecule has 7 nitrogen and oxygen atoms in total. The van der Waals surface area contributed by atoms with Crippen molar-refractivity contribution in [1.29, 1.82) is 0 Å². The fraction of sp³-hybridized carbons (Fsp3) is 0.464. The number of hydrogen-bond acceptors (Lipinski definition) is 7. The van der Waals surface area contributed by atoms with E-state index in [4.69, 9.17) is 31.6 Å². The summed E-state index contributed by atoms with van der Waals surface area (Å²) in [5.41, 5.74) is 8.73. The molecule has 0 saturated carbocycles. The second kappa shape index (κ2) is 12.3. The van der Waals surface area contributed by atoms with Gasteiger partial charge in [-0.05, 0) is 53.9 Å². The Bertz CT molecular complexity index is 1230. The van der Waals surface area contributed by atoms with Crippen LogP contribution in [0.2, 0.25) is 16.6 Å². The van der Waals surface area contributed by atoms with Crippen LogP contribution < -0.4 is 20.2 Å². The quantitative estimate of drug-likeness (QED) is 0.173. The van der Waals surface area contributed by atoms with Gasteiger partial charge in [-0.2, -0.15) is 4.98 Å². The maximum absolute atomic E-state index is 16.3. The van der Waals surface area contributed by atoms with Crippen molar-refractivity contribution in [2.24, 2.45) is 5.73 Å². The number of aromatic nitrogens is 2. The summed E-state index contributed by atoms with van der Waals surface area (Å²) in [4.78, 5) is 4.35. The Morgan fingerprint density at radius 2 is 1.68 bits per heavy atom. The zero-order valence-electron chi connectivity index (χ0n) is 23.5. The van der Waals surface area contributed by atoms with E-state index in [2.05, 4.69) is 57.0 Å². The summed E-state index contributed by atoms with van der Waals surface area (Å²) in [6.45, 7) is 17.0. The van der Waals surface area contributed by atoms with E-state index in [0.717, 1.165) is 5.56 Å². The van der Waals surface area contributed by atoms with Crippen LogP contribution in [-0.4, -0.2) is 30.1 Å². The summed E-state index contributed by atoms with van der Waals surface area (Å²) in [7, 11) is -2.44. The van der Waals surface area contributed by atoms with Crippen molar-refractivity contribution < 1.29 is 18.1 Å². The van der Waals surface area contributed by atoms with Crippen LogP contribution in [0, 0.1) is 12.7 Å². The maximum Gasteiger partial charge on any atom is 0.258 e. The van der Waals surface area contributed by atoms with Gasteiger partial charge in [0.1, 0.15) is 22.5 Å². The van der Waals surface area contributed by atoms with E-state index in [-0.39, 0.29) is 32.9 Å². The average molecular weight is 559 g/mol. The number of ether oxygens (including phenoxy) is 1. The highest BCUT2D eigenvalue weighted by molar-refractivity contribution is 7.80. The molecular formula is C28H39FN4O3SSi. The molecule has 0 aliphatic carbocycles. The van der Waals surface area contributed by atoms with Gasteiger partial charge in [-0.3, -0.25) is 0 Å². The van der Waals surface area contributed by atoms with Gasteiger partial charge in [0.25, 0.3) is 8.32 Å². The lowest BCUT2D eigenvalue weighted by Crippen LogP contribution is -2.51. The summed E-state index contributed by atoms with van der Waals surface area (Å²) < 4.78 is 33.9. The Hall–Kier alpha value is -2.98. The van der Waals surface area contributed by atoms with E-state index in [1.165, 1.54) is 0 Å². The molecule has 3 aromatic rings. The van der Waals surface area contributed by atoms with Gasteiger partial charge < -0.3 is 24.7 Å². The summed E-state index contributed by atoms with van der Waals surface area (Å²) in [6.07, 6.45) is 0. The van der Waals surface area contributed by atoms with Crippen molar-refractivity contribution >= 4 is 31.2 Å². The van der Waals surface area contributed by atoms with Gasteiger partial charge in [-0.1, -0.05) is 58.9 Å². The topological polar surface area (TPSA) is 95.4 Å². The first kappa shape index (κ1) is 29.6. The first-order chi connectivity index (χ1) is 17.9. The molecular weight excluding hydrogens is 519 g/mol. The lowest BCUT2D eigenvalue weighted by molar-refractivity contribution is 0.336. The smallest absolute Gasteiger partial charge is 0.258 e. The van der Waals surface area contributed by atoms with Crippen molar-refractivity contribution in [3.8, 4) is 22.9 Å². The molecule has 1 unspecified atom stereocenters. The van der Waals surface area contributed by atoms with Crippen molar-refractivity contribution in [3.63, 3.8) is 0 Å². The molecule has 1 aromatic heterocycles. The number of hydrogen-bond donors (Lipinski definition) is 2. The van der Waals surface area contributed by atoms with E-state index in [0.29, 0.717) is 29.8 Å². The molecule has 3 N–H and O–H groups in total. The van der Waals surface area contributed by atoms with Crippen molar-refractivity contribution in [1.82, 2.24) is 10.1 Å². The van der Waals surface area contributed by atoms with Crippen LogP contribution in [-0.2, 0) is 0 Å². The molecule has 0 aliphatic heterocycles. The van der Waals surface area contributed by atoms with Gasteiger partial charge in [-0.15, -0.1) is 0 Å². The minimum absolute atomic E-state index is 0.0986. The van der Waals surface area contributed by atoms with Gasteiger partial charge in [-0.25, -0.2) is 4.39 Å². The number of nitrogens with two attached hydrogens (primary N) is 1. The van der Waals surface area contributed by atoms with Gasteiger partial charge in [0.15, 0.2) is 5.82 Å². The van der Waals surface area contributed by atoms with E-state index >= 15 is 4.39 Å². The number of rotatable bonds is 12. The Morgan fingerprint density at radius 3 is 2.16 bits per heavy atom. The zero-order valence-corrected chi connectivity index (χ0v) is 25.3. The average Bonchev–Trinajstić information content (AvgIpc) is 3.28. The lowest BCUT2D eigenvalue weighted by atomic mass is 10.0. The number of anilines is 1. The molecule has 206 valence electrons. The van der Waals surface area contributed by atoms with Gasteiger partial charge in [0, 0.05) is 29.8 Å². The van der Waals surface area contributed by atoms with E-state index in [1.54, 1.807) is 19.1 Å². The minimum atomic E-state index is -2.44. The fourth-order valence-corrected chi connectivity index (χ4v) is 10.7. The molecule has 1 heterocycles. The van der Waals surface area contributed by atoms with Crippen LogP contribution in [0.25, 0.3) is 11.4 Å². The molecule has 0 aliphatic rings. The fourth-order valence-electron chi connectivity index (χ4n) is 5.27. The standard InChI is InChI=1S/C28H39FN4O3SSi/c1-9-34-22-14-23(25(29)24(15-22)36-38(16(2)3,17(4)5)18(6)7)26(27(30)37)32-21-12-10-20(11-13-21)28-31-19(8)35-33-28/h10-18,26,32H,9H2,1-8H3,(H2,30,37). The van der Waals surface area contributed by atoms with Crippen LogP contribution in [0.4, 0.5) is 10.1 Å². The van der Waals surface area contributed by atoms with Crippen molar-refractivity contribution in [3.05, 3.63) is 53.7 Å². The predicted octanol–water partition coefficient (Wildman–Crippen LogP) is 7.58. The summed E-state index contributed by atoms with van der Waals surface area (Å²) >= 11 is 5.39. The number of nitrogens with one attached hydrogen (secondary N) is 1. The first-order valence-corrected chi connectivity index (χ1v) is 15.6. The third kappa shape index (κ3) is 6.18. The molecule has 3 rings (SSSR count). The Balaban J connectivity index is 2.03. The summed E-state index contributed by atoms with van der Waals surface area (Å²) in [5, 5.41) is 7.22. The van der Waals surface area contributed by atoms with Gasteiger partial charge >= 0.3 is 0 Å². The first-order valence-electron chi connectivity index (χ1n) is 13.0. The highest BCUT2D eigenvalue weighted by Crippen LogP contribution is 2.45. The normalized spacial score (nSPS) is 12.7. The highest BCUT2D eigenvalue weighted by atomic mass is 32.1. The molecule has 0 saturated heterocycles. The van der Waals surface area contributed by atoms with E-state index in [9.17, 15) is 0 Å². The predicted molar refractivity (Wildman–Crippen MR) is 157 cm³/mol. The minimum Gasteiger partial charge on any atom is -0.541 e. The molecule has 0 spiro atoms. The Kier molecular flexibility index (Phi) is 9.53. The van der Waals surface area contributed by atoms with E-state index < -0.39 is 20.2 Å². The second-order valence-corrected chi connectivity index (χ2v) is 16.2. The largest absolute Gasteiger partial charge is 0.541 e. The van der Waals surface area contributed by atoms with Gasteiger partial charge in [0.2, 0.25) is 11.7 Å². The number of nitrogens with zero attached hydrogens (tertiary/aromatic N) is 2. The molecule has 38 heavy (non-hydrogen) atoms. The van der Waals surface area contributed by atoms with E-state index in [1.807, 2.05) is 31.2 Å². The Labute approximate surface area is 231 Å². The molecule has 1 atom stereocenters. The molecule has 0 amide bonds. The number of thiocarbonyl (C=S) groups is 1. The highest BCUT2D eigenvalue weighted by Gasteiger charge is 2.47. The zero-order chi connectivity index (χ0) is 28.2. The molecule has 0 radical (unpaired) electrons. The second-order valence-electron chi connectivity index (χ2n) is 10.4. The molecule has 0 bridgehead atoms. The summed E-state index contributed by atoms with van der Waals surface area (Å²) in [5.74, 6) is 1.17. The van der Waals surface area contributed by atoms with Gasteiger partial charge in [0.05, 0.1) is 6.61 Å². The summed E-state index contributed by atoms with van der Waals surface area (Å²) in [6, 6.07) is 9.86. The van der Waals surface area contributed by atoms with Crippen molar-refractivity contribution in [2.45, 2.75) is 78.1 Å². The molecule has 0 fully saturated rings. The number of halogens is 1. The Morgan fingerprint density at radius 1 is 1.08 bits per heavy atom. The molecule has 2 aromatic carbocycles. The number of benzene rings is 2. The third-order valence-electron chi connectivity index (χ3n) is 6.92. The van der Waals surface area contributed by atoms with Crippen LogP contribution in [0.1, 0.15) is 66.0 Å². The van der Waals surface area contributed by atoms with Crippen LogP contribution in [0.15, 0.2) is 40.9 Å². The monoisotopic (exact) mass is 558 g/mol. The third-order valence-corrected chi connectivity index (χ3v) is 13.1. The maximum atomic E-state index is 16.3. The molecule has 10 heteroatoms. The number of aryl methyl sites for hydroxylation is 1.